The number of rotatable bonds is 7. The molecule has 0 aliphatic carbocycles. The fraction of sp³-hybridized carbons (Fsp3) is 0.412. The monoisotopic (exact) mass is 287 g/mol. The lowest BCUT2D eigenvalue weighted by atomic mass is 10.0. The minimum absolute atomic E-state index is 0.0760. The Hall–Kier alpha value is -1.81. The summed E-state index contributed by atoms with van der Waals surface area (Å²) in [6.07, 6.45) is 7.45. The van der Waals surface area contributed by atoms with E-state index >= 15 is 0 Å². The molecule has 0 bridgehead atoms. The summed E-state index contributed by atoms with van der Waals surface area (Å²) in [7, 11) is 0. The Morgan fingerprint density at radius 3 is 2.67 bits per heavy atom. The second kappa shape index (κ2) is 7.84. The van der Waals surface area contributed by atoms with Crippen LogP contribution in [0, 0.1) is 5.82 Å². The molecule has 0 fully saturated rings. The molecule has 1 unspecified atom stereocenters. The van der Waals surface area contributed by atoms with Crippen LogP contribution in [0.5, 0.6) is 0 Å². The number of nitrogens with one attached hydrogen (secondary N) is 1. The third-order valence-electron chi connectivity index (χ3n) is 3.53. The van der Waals surface area contributed by atoms with Crippen molar-refractivity contribution < 1.29 is 4.39 Å². The summed E-state index contributed by atoms with van der Waals surface area (Å²) in [5.41, 5.74) is 2.84. The molecule has 21 heavy (non-hydrogen) atoms. The Bertz CT molecular complexity index is 554. The lowest BCUT2D eigenvalue weighted by molar-refractivity contribution is 0.491. The lowest BCUT2D eigenvalue weighted by Crippen LogP contribution is -2.25. The van der Waals surface area contributed by atoms with E-state index < -0.39 is 0 Å². The first kappa shape index (κ1) is 15.6. The van der Waals surface area contributed by atoms with E-state index in [-0.39, 0.29) is 11.9 Å². The first-order valence-electron chi connectivity index (χ1n) is 7.51. The number of hydrogen-bond acceptors (Lipinski definition) is 3. The molecular weight excluding hydrogens is 265 g/mol. The van der Waals surface area contributed by atoms with Crippen molar-refractivity contribution in [2.45, 2.75) is 39.2 Å². The number of nitrogens with zero attached hydrogens (tertiary/aromatic N) is 2. The zero-order chi connectivity index (χ0) is 15.1. The predicted octanol–water partition coefficient (Wildman–Crippen LogP) is 3.46. The van der Waals surface area contributed by atoms with Gasteiger partial charge in [-0.2, -0.15) is 0 Å². The van der Waals surface area contributed by atoms with Gasteiger partial charge in [0.2, 0.25) is 0 Å². The van der Waals surface area contributed by atoms with Crippen LogP contribution in [0.15, 0.2) is 36.8 Å². The Balaban J connectivity index is 2.17. The highest BCUT2D eigenvalue weighted by Gasteiger charge is 2.16. The van der Waals surface area contributed by atoms with E-state index in [0.29, 0.717) is 12.0 Å². The summed E-state index contributed by atoms with van der Waals surface area (Å²) in [5, 5.41) is 3.40. The van der Waals surface area contributed by atoms with Crippen LogP contribution in [0.3, 0.4) is 0 Å². The molecule has 4 heteroatoms. The van der Waals surface area contributed by atoms with Gasteiger partial charge in [0.1, 0.15) is 5.82 Å². The first-order chi connectivity index (χ1) is 10.2. The van der Waals surface area contributed by atoms with Crippen molar-refractivity contribution in [1.82, 2.24) is 15.3 Å². The topological polar surface area (TPSA) is 37.8 Å². The Labute approximate surface area is 125 Å². The van der Waals surface area contributed by atoms with E-state index in [0.717, 1.165) is 25.1 Å². The van der Waals surface area contributed by atoms with Gasteiger partial charge in [-0.15, -0.1) is 0 Å². The molecule has 0 aromatic carbocycles. The fourth-order valence-corrected chi connectivity index (χ4v) is 2.27. The molecule has 0 saturated carbocycles. The van der Waals surface area contributed by atoms with Crippen LogP contribution in [-0.4, -0.2) is 16.5 Å². The van der Waals surface area contributed by atoms with Gasteiger partial charge in [-0.3, -0.25) is 9.97 Å². The van der Waals surface area contributed by atoms with Crippen LogP contribution in [0.1, 0.15) is 43.1 Å². The van der Waals surface area contributed by atoms with Crippen LogP contribution < -0.4 is 5.32 Å². The highest BCUT2D eigenvalue weighted by atomic mass is 19.1. The number of hydrogen-bond donors (Lipinski definition) is 1. The summed E-state index contributed by atoms with van der Waals surface area (Å²) in [5.74, 6) is -0.267. The summed E-state index contributed by atoms with van der Waals surface area (Å²) in [6, 6.07) is 5.77. The molecule has 0 aliphatic rings. The van der Waals surface area contributed by atoms with Crippen molar-refractivity contribution in [1.29, 1.82) is 0 Å². The van der Waals surface area contributed by atoms with E-state index in [4.69, 9.17) is 0 Å². The van der Waals surface area contributed by atoms with E-state index in [9.17, 15) is 4.39 Å². The molecule has 2 heterocycles. The maximum Gasteiger partial charge on any atom is 0.146 e. The summed E-state index contributed by atoms with van der Waals surface area (Å²) < 4.78 is 14.0. The van der Waals surface area contributed by atoms with Crippen LogP contribution in [-0.2, 0) is 12.8 Å². The van der Waals surface area contributed by atoms with E-state index in [2.05, 4.69) is 35.2 Å². The van der Waals surface area contributed by atoms with E-state index in [1.165, 1.54) is 11.8 Å². The van der Waals surface area contributed by atoms with E-state index in [1.54, 1.807) is 12.3 Å². The van der Waals surface area contributed by atoms with Gasteiger partial charge in [0.05, 0.1) is 6.20 Å². The molecule has 0 amide bonds. The molecule has 0 saturated heterocycles. The zero-order valence-corrected chi connectivity index (χ0v) is 12.6. The van der Waals surface area contributed by atoms with Crippen molar-refractivity contribution in [3.8, 4) is 0 Å². The third kappa shape index (κ3) is 4.33. The Morgan fingerprint density at radius 1 is 1.19 bits per heavy atom. The van der Waals surface area contributed by atoms with Crippen LogP contribution in [0.2, 0.25) is 0 Å². The number of pyridine rings is 2. The molecule has 2 aromatic rings. The quantitative estimate of drug-likeness (QED) is 0.847. The molecule has 3 nitrogen and oxygen atoms in total. The molecule has 0 spiro atoms. The van der Waals surface area contributed by atoms with Crippen LogP contribution in [0.4, 0.5) is 4.39 Å². The van der Waals surface area contributed by atoms with Crippen LogP contribution >= 0.6 is 0 Å². The highest BCUT2D eigenvalue weighted by Crippen LogP contribution is 2.20. The first-order valence-corrected chi connectivity index (χ1v) is 7.51. The smallest absolute Gasteiger partial charge is 0.146 e. The molecule has 2 aromatic heterocycles. The van der Waals surface area contributed by atoms with E-state index in [1.807, 2.05) is 12.3 Å². The molecule has 2 rings (SSSR count). The summed E-state index contributed by atoms with van der Waals surface area (Å²) in [6.45, 7) is 5.05. The van der Waals surface area contributed by atoms with Crippen molar-refractivity contribution in [3.05, 3.63) is 59.4 Å². The average Bonchev–Trinajstić information content (AvgIpc) is 2.53. The number of aryl methyl sites for hydroxylation is 1. The standard InChI is InChI=1S/C17H22FN3/c1-3-8-20-17(15-7-9-19-12-16(15)18)10-14-6-5-13(4-2)11-21-14/h5-7,9,11-12,17,20H,3-4,8,10H2,1-2H3. The molecule has 1 atom stereocenters. The van der Waals surface area contributed by atoms with Gasteiger partial charge in [0.15, 0.2) is 0 Å². The van der Waals surface area contributed by atoms with Gasteiger partial charge in [0, 0.05) is 36.1 Å². The highest BCUT2D eigenvalue weighted by molar-refractivity contribution is 5.21. The van der Waals surface area contributed by atoms with Gasteiger partial charge < -0.3 is 5.32 Å². The summed E-state index contributed by atoms with van der Waals surface area (Å²) in [4.78, 5) is 8.29. The molecular formula is C17H22FN3. The lowest BCUT2D eigenvalue weighted by Gasteiger charge is -2.19. The van der Waals surface area contributed by atoms with Gasteiger partial charge in [-0.1, -0.05) is 19.9 Å². The minimum Gasteiger partial charge on any atom is -0.310 e. The second-order valence-electron chi connectivity index (χ2n) is 5.12. The van der Waals surface area contributed by atoms with Gasteiger partial charge in [0.25, 0.3) is 0 Å². The predicted molar refractivity (Wildman–Crippen MR) is 82.5 cm³/mol. The van der Waals surface area contributed by atoms with Crippen molar-refractivity contribution >= 4 is 0 Å². The molecule has 1 N–H and O–H groups in total. The average molecular weight is 287 g/mol. The maximum atomic E-state index is 14.0. The number of halogens is 1. The Morgan fingerprint density at radius 2 is 2.05 bits per heavy atom. The number of aromatic nitrogens is 2. The molecule has 0 radical (unpaired) electrons. The van der Waals surface area contributed by atoms with Gasteiger partial charge >= 0.3 is 0 Å². The van der Waals surface area contributed by atoms with Gasteiger partial charge in [-0.05, 0) is 37.1 Å². The molecule has 0 aliphatic heterocycles. The second-order valence-corrected chi connectivity index (χ2v) is 5.12. The third-order valence-corrected chi connectivity index (χ3v) is 3.53. The Kier molecular flexibility index (Phi) is 5.81. The largest absolute Gasteiger partial charge is 0.310 e. The SMILES string of the molecule is CCCNC(Cc1ccc(CC)cn1)c1ccncc1F. The van der Waals surface area contributed by atoms with Crippen LogP contribution in [0.25, 0.3) is 0 Å². The molecule has 112 valence electrons. The normalized spacial score (nSPS) is 12.3. The minimum atomic E-state index is -0.267. The maximum absolute atomic E-state index is 14.0. The van der Waals surface area contributed by atoms with Crippen molar-refractivity contribution in [2.24, 2.45) is 0 Å². The van der Waals surface area contributed by atoms with Gasteiger partial charge in [-0.25, -0.2) is 4.39 Å². The van der Waals surface area contributed by atoms with Crippen molar-refractivity contribution in [2.75, 3.05) is 6.54 Å². The summed E-state index contributed by atoms with van der Waals surface area (Å²) >= 11 is 0. The fourth-order valence-electron chi connectivity index (χ4n) is 2.27. The zero-order valence-electron chi connectivity index (χ0n) is 12.6. The van der Waals surface area contributed by atoms with Crippen molar-refractivity contribution in [3.63, 3.8) is 0 Å².